The molecule has 5 nitrogen and oxygen atoms in total. The van der Waals surface area contributed by atoms with Crippen LogP contribution in [0.4, 0.5) is 5.69 Å². The summed E-state index contributed by atoms with van der Waals surface area (Å²) in [5, 5.41) is 1.62. The normalized spacial score (nSPS) is 14.8. The third-order valence-corrected chi connectivity index (χ3v) is 6.92. The van der Waals surface area contributed by atoms with Gasteiger partial charge in [-0.1, -0.05) is 12.1 Å². The van der Waals surface area contributed by atoms with Crippen LogP contribution in [0.3, 0.4) is 0 Å². The van der Waals surface area contributed by atoms with Crippen molar-refractivity contribution < 1.29 is 13.2 Å². The lowest BCUT2D eigenvalue weighted by Crippen LogP contribution is -2.27. The summed E-state index contributed by atoms with van der Waals surface area (Å²) in [5.41, 5.74) is 2.85. The maximum atomic E-state index is 12.6. The molecule has 1 aromatic heterocycles. The molecule has 7 heteroatoms. The number of nitrogens with one attached hydrogen (secondary N) is 1. The number of carbonyl (C=O) groups is 1. The fraction of sp³-hybridized carbons (Fsp3) is 0.353. The minimum absolute atomic E-state index is 0.0862. The Morgan fingerprint density at radius 2 is 1.88 bits per heavy atom. The molecular formula is C17H20N2O3S2. The maximum Gasteiger partial charge on any atom is 0.271 e. The molecule has 0 bridgehead atoms. The van der Waals surface area contributed by atoms with Crippen LogP contribution >= 0.6 is 11.3 Å². The fourth-order valence-electron chi connectivity index (χ4n) is 2.71. The molecule has 2 heterocycles. The average molecular weight is 364 g/mol. The zero-order chi connectivity index (χ0) is 17.3. The Labute approximate surface area is 146 Å². The molecule has 0 spiro atoms. The summed E-state index contributed by atoms with van der Waals surface area (Å²) in [4.78, 5) is 14.1. The second-order valence-corrected chi connectivity index (χ2v) is 8.90. The number of rotatable bonds is 4. The van der Waals surface area contributed by atoms with Crippen molar-refractivity contribution in [2.75, 3.05) is 17.8 Å². The summed E-state index contributed by atoms with van der Waals surface area (Å²) in [6.45, 7) is 5.26. The number of benzene rings is 1. The van der Waals surface area contributed by atoms with E-state index in [-0.39, 0.29) is 10.1 Å². The van der Waals surface area contributed by atoms with Crippen molar-refractivity contribution in [1.82, 2.24) is 4.90 Å². The van der Waals surface area contributed by atoms with Crippen LogP contribution in [0.5, 0.6) is 0 Å². The van der Waals surface area contributed by atoms with Crippen molar-refractivity contribution in [3.8, 4) is 0 Å². The first kappa shape index (κ1) is 17.0. The summed E-state index contributed by atoms with van der Waals surface area (Å²) in [5.74, 6) is -0.0862. The Bertz CT molecular complexity index is 866. The Hall–Kier alpha value is -1.86. The number of thiophene rings is 1. The summed E-state index contributed by atoms with van der Waals surface area (Å²) in [6.07, 6.45) is 2.02. The van der Waals surface area contributed by atoms with Crippen LogP contribution in [-0.4, -0.2) is 32.3 Å². The third-order valence-electron chi connectivity index (χ3n) is 4.12. The highest BCUT2D eigenvalue weighted by Gasteiger charge is 2.24. The molecule has 0 unspecified atom stereocenters. The zero-order valence-electron chi connectivity index (χ0n) is 13.7. The van der Waals surface area contributed by atoms with E-state index in [9.17, 15) is 13.2 Å². The zero-order valence-corrected chi connectivity index (χ0v) is 15.3. The number of nitrogens with zero attached hydrogens (tertiary/aromatic N) is 1. The minimum Gasteiger partial charge on any atom is -0.339 e. The molecule has 3 rings (SSSR count). The van der Waals surface area contributed by atoms with E-state index in [1.165, 1.54) is 6.07 Å². The lowest BCUT2D eigenvalue weighted by molar-refractivity contribution is 0.0793. The first-order chi connectivity index (χ1) is 11.4. The van der Waals surface area contributed by atoms with Gasteiger partial charge in [0.1, 0.15) is 4.21 Å². The Morgan fingerprint density at radius 3 is 2.58 bits per heavy atom. The quantitative estimate of drug-likeness (QED) is 0.904. The van der Waals surface area contributed by atoms with E-state index in [1.807, 2.05) is 26.0 Å². The van der Waals surface area contributed by atoms with Crippen LogP contribution in [0.15, 0.2) is 33.9 Å². The lowest BCUT2D eigenvalue weighted by Gasteiger charge is -2.13. The molecule has 1 fully saturated rings. The topological polar surface area (TPSA) is 66.5 Å². The Balaban J connectivity index is 1.82. The Kier molecular flexibility index (Phi) is 4.64. The largest absolute Gasteiger partial charge is 0.339 e. The number of hydrogen-bond acceptors (Lipinski definition) is 4. The highest BCUT2D eigenvalue weighted by Crippen LogP contribution is 2.26. The van der Waals surface area contributed by atoms with E-state index < -0.39 is 10.0 Å². The van der Waals surface area contributed by atoms with Gasteiger partial charge in [-0.05, 0) is 49.9 Å². The molecular weight excluding hydrogens is 344 g/mol. The fourth-order valence-corrected chi connectivity index (χ4v) is 4.99. The van der Waals surface area contributed by atoms with Gasteiger partial charge >= 0.3 is 0 Å². The third kappa shape index (κ3) is 3.47. The molecule has 128 valence electrons. The van der Waals surface area contributed by atoms with Crippen LogP contribution < -0.4 is 4.72 Å². The highest BCUT2D eigenvalue weighted by molar-refractivity contribution is 7.94. The first-order valence-corrected chi connectivity index (χ1v) is 10.2. The van der Waals surface area contributed by atoms with Crippen molar-refractivity contribution in [2.24, 2.45) is 0 Å². The van der Waals surface area contributed by atoms with Gasteiger partial charge in [-0.2, -0.15) is 0 Å². The number of carbonyl (C=O) groups excluding carboxylic acids is 1. The van der Waals surface area contributed by atoms with Crippen molar-refractivity contribution in [3.05, 3.63) is 46.3 Å². The summed E-state index contributed by atoms with van der Waals surface area (Å²) in [6, 6.07) is 7.09. The summed E-state index contributed by atoms with van der Waals surface area (Å²) in [7, 11) is -3.69. The summed E-state index contributed by atoms with van der Waals surface area (Å²) >= 11 is 1.07. The number of aryl methyl sites for hydroxylation is 2. The molecule has 1 amide bonds. The van der Waals surface area contributed by atoms with Gasteiger partial charge in [-0.15, -0.1) is 11.3 Å². The van der Waals surface area contributed by atoms with Gasteiger partial charge < -0.3 is 4.90 Å². The van der Waals surface area contributed by atoms with Crippen LogP contribution in [0.1, 0.15) is 34.3 Å². The van der Waals surface area contributed by atoms with Crippen LogP contribution in [-0.2, 0) is 10.0 Å². The van der Waals surface area contributed by atoms with Gasteiger partial charge in [-0.25, -0.2) is 8.42 Å². The summed E-state index contributed by atoms with van der Waals surface area (Å²) < 4.78 is 28.0. The second-order valence-electron chi connectivity index (χ2n) is 6.08. The highest BCUT2D eigenvalue weighted by atomic mass is 32.2. The number of sulfonamides is 1. The van der Waals surface area contributed by atoms with Gasteiger partial charge in [-0.3, -0.25) is 9.52 Å². The van der Waals surface area contributed by atoms with E-state index >= 15 is 0 Å². The van der Waals surface area contributed by atoms with E-state index in [1.54, 1.807) is 16.3 Å². The van der Waals surface area contributed by atoms with Crippen molar-refractivity contribution in [3.63, 3.8) is 0 Å². The lowest BCUT2D eigenvalue weighted by atomic mass is 10.1. The SMILES string of the molecule is Cc1ccc(C)c(NS(=O)(=O)c2cc(C(=O)N3CCCC3)cs2)c1. The molecule has 2 aromatic rings. The molecule has 0 aliphatic carbocycles. The molecule has 0 radical (unpaired) electrons. The van der Waals surface area contributed by atoms with Gasteiger partial charge in [0.2, 0.25) is 0 Å². The van der Waals surface area contributed by atoms with Crippen LogP contribution in [0.25, 0.3) is 0 Å². The molecule has 1 aliphatic heterocycles. The van der Waals surface area contributed by atoms with Gasteiger partial charge in [0.15, 0.2) is 0 Å². The van der Waals surface area contributed by atoms with Crippen LogP contribution in [0.2, 0.25) is 0 Å². The molecule has 24 heavy (non-hydrogen) atoms. The Morgan fingerprint density at radius 1 is 1.17 bits per heavy atom. The molecule has 1 N–H and O–H groups in total. The van der Waals surface area contributed by atoms with Crippen LogP contribution in [0, 0.1) is 13.8 Å². The smallest absolute Gasteiger partial charge is 0.271 e. The number of anilines is 1. The van der Waals surface area contributed by atoms with E-state index in [0.717, 1.165) is 48.4 Å². The van der Waals surface area contributed by atoms with Gasteiger partial charge in [0.25, 0.3) is 15.9 Å². The van der Waals surface area contributed by atoms with Gasteiger partial charge in [0.05, 0.1) is 11.3 Å². The van der Waals surface area contributed by atoms with Crippen molar-refractivity contribution >= 4 is 33.0 Å². The van der Waals surface area contributed by atoms with E-state index in [4.69, 9.17) is 0 Å². The standard InChI is InChI=1S/C17H20N2O3S2/c1-12-5-6-13(2)15(9-12)18-24(21,22)16-10-14(11-23-16)17(20)19-7-3-4-8-19/h5-6,9-11,18H,3-4,7-8H2,1-2H3. The first-order valence-electron chi connectivity index (χ1n) is 7.85. The predicted molar refractivity (Wildman–Crippen MR) is 96.2 cm³/mol. The van der Waals surface area contributed by atoms with Crippen molar-refractivity contribution in [1.29, 1.82) is 0 Å². The van der Waals surface area contributed by atoms with E-state index in [0.29, 0.717) is 11.3 Å². The number of hydrogen-bond donors (Lipinski definition) is 1. The van der Waals surface area contributed by atoms with Gasteiger partial charge in [0, 0.05) is 18.5 Å². The monoisotopic (exact) mass is 364 g/mol. The number of amides is 1. The minimum atomic E-state index is -3.69. The second kappa shape index (κ2) is 6.57. The van der Waals surface area contributed by atoms with E-state index in [2.05, 4.69) is 4.72 Å². The predicted octanol–water partition coefficient (Wildman–Crippen LogP) is 3.40. The molecule has 1 aromatic carbocycles. The molecule has 1 saturated heterocycles. The van der Waals surface area contributed by atoms with Crippen molar-refractivity contribution in [2.45, 2.75) is 30.9 Å². The molecule has 0 atom stereocenters. The maximum absolute atomic E-state index is 12.6. The average Bonchev–Trinajstić information content (AvgIpc) is 3.21. The molecule has 1 aliphatic rings. The number of likely N-dealkylation sites (tertiary alicyclic amines) is 1. The molecule has 0 saturated carbocycles.